The van der Waals surface area contributed by atoms with Gasteiger partial charge >= 0.3 is 0 Å². The van der Waals surface area contributed by atoms with E-state index >= 15 is 0 Å². The Morgan fingerprint density at radius 1 is 1.17 bits per heavy atom. The van der Waals surface area contributed by atoms with Crippen molar-refractivity contribution in [2.24, 2.45) is 4.99 Å². The van der Waals surface area contributed by atoms with Crippen LogP contribution in [0.5, 0.6) is 0 Å². The first-order valence-corrected chi connectivity index (χ1v) is 8.04. The van der Waals surface area contributed by atoms with Crippen LogP contribution in [0, 0.1) is 13.8 Å². The summed E-state index contributed by atoms with van der Waals surface area (Å²) in [5.41, 5.74) is 4.85. The standard InChI is InChI=1S/C19H26N4.HI/c1-14-7-5-6-8-18(14)16(3)23-19(20-4)21-12-11-17-10-9-15(2)22-13-17;/h5-10,13,16H,11-12H2,1-4H3,(H2,20,21,23);1H. The molecule has 2 N–H and O–H groups in total. The molecular formula is C19H27IN4. The maximum Gasteiger partial charge on any atom is 0.191 e. The van der Waals surface area contributed by atoms with E-state index in [2.05, 4.69) is 64.8 Å². The monoisotopic (exact) mass is 438 g/mol. The van der Waals surface area contributed by atoms with E-state index in [0.29, 0.717) is 0 Å². The van der Waals surface area contributed by atoms with E-state index in [0.717, 1.165) is 24.6 Å². The van der Waals surface area contributed by atoms with Gasteiger partial charge in [0.15, 0.2) is 5.96 Å². The average molecular weight is 438 g/mol. The Morgan fingerprint density at radius 2 is 1.92 bits per heavy atom. The van der Waals surface area contributed by atoms with Crippen LogP contribution in [0.3, 0.4) is 0 Å². The molecule has 5 heteroatoms. The molecule has 24 heavy (non-hydrogen) atoms. The molecule has 1 aromatic heterocycles. The van der Waals surface area contributed by atoms with Crippen molar-refractivity contribution in [1.82, 2.24) is 15.6 Å². The molecule has 0 aliphatic heterocycles. The van der Waals surface area contributed by atoms with Crippen LogP contribution in [0.1, 0.15) is 35.3 Å². The lowest BCUT2D eigenvalue weighted by atomic mass is 10.0. The molecule has 0 saturated heterocycles. The van der Waals surface area contributed by atoms with Gasteiger partial charge < -0.3 is 10.6 Å². The lowest BCUT2D eigenvalue weighted by Crippen LogP contribution is -2.39. The van der Waals surface area contributed by atoms with Gasteiger partial charge in [-0.05, 0) is 49.9 Å². The number of aliphatic imine (C=N–C) groups is 1. The molecule has 0 aliphatic carbocycles. The second-order valence-electron chi connectivity index (χ2n) is 5.78. The van der Waals surface area contributed by atoms with Crippen LogP contribution in [0.4, 0.5) is 0 Å². The molecule has 1 aromatic carbocycles. The summed E-state index contributed by atoms with van der Waals surface area (Å²) in [6.07, 6.45) is 2.86. The first kappa shape index (κ1) is 20.4. The maximum atomic E-state index is 4.32. The molecule has 0 amide bonds. The maximum absolute atomic E-state index is 4.32. The van der Waals surface area contributed by atoms with Crippen LogP contribution in [0.25, 0.3) is 0 Å². The highest BCUT2D eigenvalue weighted by atomic mass is 127. The van der Waals surface area contributed by atoms with E-state index in [1.807, 2.05) is 19.2 Å². The fraction of sp³-hybridized carbons (Fsp3) is 0.368. The van der Waals surface area contributed by atoms with Crippen molar-refractivity contribution in [3.05, 3.63) is 65.0 Å². The lowest BCUT2D eigenvalue weighted by Gasteiger charge is -2.19. The van der Waals surface area contributed by atoms with Gasteiger partial charge in [-0.2, -0.15) is 0 Å². The summed E-state index contributed by atoms with van der Waals surface area (Å²) in [5.74, 6) is 0.820. The molecule has 1 unspecified atom stereocenters. The van der Waals surface area contributed by atoms with E-state index in [1.54, 1.807) is 7.05 Å². The van der Waals surface area contributed by atoms with Crippen molar-refractivity contribution in [3.8, 4) is 0 Å². The average Bonchev–Trinajstić information content (AvgIpc) is 2.56. The molecule has 2 aromatic rings. The van der Waals surface area contributed by atoms with Gasteiger partial charge in [-0.25, -0.2) is 0 Å². The van der Waals surface area contributed by atoms with Crippen LogP contribution in [0.15, 0.2) is 47.6 Å². The van der Waals surface area contributed by atoms with Gasteiger partial charge in [-0.1, -0.05) is 30.3 Å². The van der Waals surface area contributed by atoms with Gasteiger partial charge in [-0.15, -0.1) is 24.0 Å². The Hall–Kier alpha value is -1.63. The van der Waals surface area contributed by atoms with Crippen LogP contribution in [0.2, 0.25) is 0 Å². The van der Waals surface area contributed by atoms with Crippen molar-refractivity contribution in [1.29, 1.82) is 0 Å². The third-order valence-electron chi connectivity index (χ3n) is 3.91. The molecule has 0 spiro atoms. The topological polar surface area (TPSA) is 49.3 Å². The van der Waals surface area contributed by atoms with E-state index in [-0.39, 0.29) is 30.0 Å². The largest absolute Gasteiger partial charge is 0.356 e. The Kier molecular flexibility index (Phi) is 8.74. The van der Waals surface area contributed by atoms with Gasteiger partial charge in [0.25, 0.3) is 0 Å². The molecule has 4 nitrogen and oxygen atoms in total. The molecule has 2 rings (SSSR count). The molecule has 0 aliphatic rings. The number of hydrogen-bond acceptors (Lipinski definition) is 2. The summed E-state index contributed by atoms with van der Waals surface area (Å²) in [6.45, 7) is 7.11. The predicted molar refractivity (Wildman–Crippen MR) is 112 cm³/mol. The third kappa shape index (κ3) is 6.11. The molecule has 130 valence electrons. The van der Waals surface area contributed by atoms with E-state index in [9.17, 15) is 0 Å². The van der Waals surface area contributed by atoms with E-state index in [1.165, 1.54) is 16.7 Å². The highest BCUT2D eigenvalue weighted by Gasteiger charge is 2.09. The van der Waals surface area contributed by atoms with Crippen LogP contribution >= 0.6 is 24.0 Å². The van der Waals surface area contributed by atoms with Crippen LogP contribution in [-0.4, -0.2) is 24.5 Å². The van der Waals surface area contributed by atoms with E-state index in [4.69, 9.17) is 0 Å². The number of pyridine rings is 1. The number of halogens is 1. The number of nitrogens with one attached hydrogen (secondary N) is 2. The van der Waals surface area contributed by atoms with Crippen molar-refractivity contribution >= 4 is 29.9 Å². The number of guanidine groups is 1. The highest BCUT2D eigenvalue weighted by Crippen LogP contribution is 2.16. The minimum absolute atomic E-state index is 0. The predicted octanol–water partition coefficient (Wildman–Crippen LogP) is 3.79. The second-order valence-corrected chi connectivity index (χ2v) is 5.78. The van der Waals surface area contributed by atoms with E-state index < -0.39 is 0 Å². The number of rotatable bonds is 5. The molecule has 1 heterocycles. The minimum atomic E-state index is 0. The smallest absolute Gasteiger partial charge is 0.191 e. The Morgan fingerprint density at radius 3 is 2.54 bits per heavy atom. The van der Waals surface area contributed by atoms with Crippen molar-refractivity contribution < 1.29 is 0 Å². The molecule has 0 bridgehead atoms. The molecule has 1 atom stereocenters. The van der Waals surface area contributed by atoms with Gasteiger partial charge in [0.2, 0.25) is 0 Å². The van der Waals surface area contributed by atoms with Gasteiger partial charge in [0.05, 0.1) is 6.04 Å². The fourth-order valence-corrected chi connectivity index (χ4v) is 2.52. The quantitative estimate of drug-likeness (QED) is 0.425. The summed E-state index contributed by atoms with van der Waals surface area (Å²) >= 11 is 0. The first-order chi connectivity index (χ1) is 11.1. The summed E-state index contributed by atoms with van der Waals surface area (Å²) < 4.78 is 0. The zero-order valence-corrected chi connectivity index (χ0v) is 17.2. The number of nitrogens with zero attached hydrogens (tertiary/aromatic N) is 2. The third-order valence-corrected chi connectivity index (χ3v) is 3.91. The number of benzene rings is 1. The Balaban J connectivity index is 0.00000288. The van der Waals surface area contributed by atoms with Crippen LogP contribution < -0.4 is 10.6 Å². The van der Waals surface area contributed by atoms with Crippen molar-refractivity contribution in [3.63, 3.8) is 0 Å². The summed E-state index contributed by atoms with van der Waals surface area (Å²) in [7, 11) is 1.80. The number of aromatic nitrogens is 1. The van der Waals surface area contributed by atoms with Crippen molar-refractivity contribution in [2.45, 2.75) is 33.2 Å². The molecule has 0 fully saturated rings. The first-order valence-electron chi connectivity index (χ1n) is 8.04. The molecule has 0 radical (unpaired) electrons. The molecule has 0 saturated carbocycles. The normalized spacial score (nSPS) is 12.2. The Labute approximate surface area is 162 Å². The summed E-state index contributed by atoms with van der Waals surface area (Å²) in [4.78, 5) is 8.63. The SMILES string of the molecule is CN=C(NCCc1ccc(C)nc1)NC(C)c1ccccc1C.I. The summed E-state index contributed by atoms with van der Waals surface area (Å²) in [6, 6.07) is 12.8. The lowest BCUT2D eigenvalue weighted by molar-refractivity contribution is 0.680. The molecular weight excluding hydrogens is 411 g/mol. The summed E-state index contributed by atoms with van der Waals surface area (Å²) in [5, 5.41) is 6.81. The zero-order valence-electron chi connectivity index (χ0n) is 14.8. The van der Waals surface area contributed by atoms with Gasteiger partial charge in [0, 0.05) is 25.5 Å². The van der Waals surface area contributed by atoms with Gasteiger partial charge in [0.1, 0.15) is 0 Å². The minimum Gasteiger partial charge on any atom is -0.356 e. The fourth-order valence-electron chi connectivity index (χ4n) is 2.52. The highest BCUT2D eigenvalue weighted by molar-refractivity contribution is 14.0. The second kappa shape index (κ2) is 10.3. The Bertz CT molecular complexity index is 653. The zero-order chi connectivity index (χ0) is 16.7. The van der Waals surface area contributed by atoms with Gasteiger partial charge in [-0.3, -0.25) is 9.98 Å². The van der Waals surface area contributed by atoms with Crippen LogP contribution in [-0.2, 0) is 6.42 Å². The number of hydrogen-bond donors (Lipinski definition) is 2. The van der Waals surface area contributed by atoms with Crippen molar-refractivity contribution in [2.75, 3.05) is 13.6 Å². The number of aryl methyl sites for hydroxylation is 2.